The summed E-state index contributed by atoms with van der Waals surface area (Å²) in [6.07, 6.45) is 3.50. The van der Waals surface area contributed by atoms with Gasteiger partial charge in [-0.3, -0.25) is 4.90 Å². The van der Waals surface area contributed by atoms with Gasteiger partial charge < -0.3 is 11.5 Å². The number of hydrogen-bond acceptors (Lipinski definition) is 3. The highest BCUT2D eigenvalue weighted by molar-refractivity contribution is 4.76. The minimum Gasteiger partial charge on any atom is -0.328 e. The fourth-order valence-corrected chi connectivity index (χ4v) is 1.51. The van der Waals surface area contributed by atoms with Crippen LogP contribution in [0.25, 0.3) is 0 Å². The van der Waals surface area contributed by atoms with Gasteiger partial charge in [-0.25, -0.2) is 0 Å². The first kappa shape index (κ1) is 8.97. The van der Waals surface area contributed by atoms with Gasteiger partial charge in [0.05, 0.1) is 6.17 Å². The number of piperidine rings is 1. The van der Waals surface area contributed by atoms with Gasteiger partial charge in [-0.1, -0.05) is 6.92 Å². The lowest BCUT2D eigenvalue weighted by Crippen LogP contribution is -2.48. The van der Waals surface area contributed by atoms with E-state index in [2.05, 4.69) is 11.8 Å². The van der Waals surface area contributed by atoms with Gasteiger partial charge in [-0.15, -0.1) is 0 Å². The maximum Gasteiger partial charge on any atom is 0.0569 e. The van der Waals surface area contributed by atoms with Gasteiger partial charge in [0, 0.05) is 19.1 Å². The number of nitrogens with two attached hydrogens (primary N) is 2. The largest absolute Gasteiger partial charge is 0.328 e. The molecule has 1 unspecified atom stereocenters. The van der Waals surface area contributed by atoms with Crippen molar-refractivity contribution in [2.24, 2.45) is 11.5 Å². The van der Waals surface area contributed by atoms with E-state index in [4.69, 9.17) is 11.5 Å². The Kier molecular flexibility index (Phi) is 3.30. The molecule has 0 spiro atoms. The van der Waals surface area contributed by atoms with Gasteiger partial charge in [0.15, 0.2) is 0 Å². The average Bonchev–Trinajstić information content (AvgIpc) is 2.05. The summed E-state index contributed by atoms with van der Waals surface area (Å²) in [5.74, 6) is 0. The third kappa shape index (κ3) is 2.43. The maximum absolute atomic E-state index is 5.88. The average molecular weight is 157 g/mol. The highest BCUT2D eigenvalue weighted by Gasteiger charge is 2.19. The van der Waals surface area contributed by atoms with Gasteiger partial charge in [-0.2, -0.15) is 0 Å². The van der Waals surface area contributed by atoms with Crippen LogP contribution in [0, 0.1) is 0 Å². The summed E-state index contributed by atoms with van der Waals surface area (Å²) in [6.45, 7) is 4.28. The lowest BCUT2D eigenvalue weighted by molar-refractivity contribution is 0.152. The van der Waals surface area contributed by atoms with Crippen LogP contribution in [0.1, 0.15) is 26.2 Å². The number of nitrogens with zero attached hydrogens (tertiary/aromatic N) is 1. The van der Waals surface area contributed by atoms with E-state index in [-0.39, 0.29) is 6.17 Å². The molecule has 0 aromatic rings. The first-order valence-electron chi connectivity index (χ1n) is 4.49. The van der Waals surface area contributed by atoms with Crippen LogP contribution >= 0.6 is 0 Å². The minimum atomic E-state index is 0.252. The van der Waals surface area contributed by atoms with Crippen molar-refractivity contribution in [1.82, 2.24) is 4.90 Å². The summed E-state index contributed by atoms with van der Waals surface area (Å²) in [6, 6.07) is 0.412. The van der Waals surface area contributed by atoms with E-state index in [1.165, 1.54) is 0 Å². The fourth-order valence-electron chi connectivity index (χ4n) is 1.51. The van der Waals surface area contributed by atoms with E-state index < -0.39 is 0 Å². The lowest BCUT2D eigenvalue weighted by Gasteiger charge is -2.33. The molecule has 3 heteroatoms. The number of hydrogen-bond donors (Lipinski definition) is 2. The zero-order chi connectivity index (χ0) is 8.27. The SMILES string of the molecule is CCC(N)N1CCC(N)CC1. The maximum atomic E-state index is 5.88. The molecule has 0 amide bonds. The Morgan fingerprint density at radius 2 is 2.00 bits per heavy atom. The molecule has 0 aromatic heterocycles. The fraction of sp³-hybridized carbons (Fsp3) is 1.00. The second-order valence-corrected chi connectivity index (χ2v) is 3.35. The monoisotopic (exact) mass is 157 g/mol. The molecular weight excluding hydrogens is 138 g/mol. The molecule has 0 radical (unpaired) electrons. The first-order valence-corrected chi connectivity index (χ1v) is 4.49. The number of rotatable bonds is 2. The van der Waals surface area contributed by atoms with Crippen LogP contribution in [0.4, 0.5) is 0 Å². The Labute approximate surface area is 68.7 Å². The molecule has 3 nitrogen and oxygen atoms in total. The molecule has 1 fully saturated rings. The Morgan fingerprint density at radius 3 is 2.45 bits per heavy atom. The molecule has 4 N–H and O–H groups in total. The van der Waals surface area contributed by atoms with Crippen molar-refractivity contribution in [3.05, 3.63) is 0 Å². The number of likely N-dealkylation sites (tertiary alicyclic amines) is 1. The third-order valence-electron chi connectivity index (χ3n) is 2.46. The summed E-state index contributed by atoms with van der Waals surface area (Å²) in [5.41, 5.74) is 11.6. The molecular formula is C8H19N3. The molecule has 0 aliphatic carbocycles. The van der Waals surface area contributed by atoms with Crippen LogP contribution in [-0.4, -0.2) is 30.2 Å². The molecule has 66 valence electrons. The summed E-state index contributed by atoms with van der Waals surface area (Å²) < 4.78 is 0. The van der Waals surface area contributed by atoms with Gasteiger partial charge in [0.2, 0.25) is 0 Å². The molecule has 0 aromatic carbocycles. The van der Waals surface area contributed by atoms with Crippen molar-refractivity contribution < 1.29 is 0 Å². The predicted octanol–water partition coefficient (Wildman–Crippen LogP) is 0.104. The predicted molar refractivity (Wildman–Crippen MR) is 47.0 cm³/mol. The van der Waals surface area contributed by atoms with Gasteiger partial charge in [-0.05, 0) is 19.3 Å². The van der Waals surface area contributed by atoms with Crippen LogP contribution in [0.5, 0.6) is 0 Å². The summed E-state index contributed by atoms with van der Waals surface area (Å²) in [5, 5.41) is 0. The van der Waals surface area contributed by atoms with Crippen molar-refractivity contribution in [3.8, 4) is 0 Å². The Hall–Kier alpha value is -0.120. The molecule has 11 heavy (non-hydrogen) atoms. The Morgan fingerprint density at radius 1 is 1.45 bits per heavy atom. The van der Waals surface area contributed by atoms with E-state index in [1.807, 2.05) is 0 Å². The zero-order valence-electron chi connectivity index (χ0n) is 7.29. The van der Waals surface area contributed by atoms with E-state index in [0.29, 0.717) is 6.04 Å². The minimum absolute atomic E-state index is 0.252. The van der Waals surface area contributed by atoms with Crippen molar-refractivity contribution >= 4 is 0 Å². The topological polar surface area (TPSA) is 55.3 Å². The van der Waals surface area contributed by atoms with Gasteiger partial charge in [0.25, 0.3) is 0 Å². The molecule has 0 bridgehead atoms. The molecule has 1 rings (SSSR count). The molecule has 1 atom stereocenters. The van der Waals surface area contributed by atoms with Crippen molar-refractivity contribution in [1.29, 1.82) is 0 Å². The van der Waals surface area contributed by atoms with Crippen LogP contribution < -0.4 is 11.5 Å². The van der Waals surface area contributed by atoms with Crippen LogP contribution in [0.15, 0.2) is 0 Å². The molecule has 0 saturated carbocycles. The molecule has 1 aliphatic heterocycles. The highest BCUT2D eigenvalue weighted by Crippen LogP contribution is 2.10. The first-order chi connectivity index (χ1) is 5.24. The normalized spacial score (nSPS) is 25.4. The quantitative estimate of drug-likeness (QED) is 0.598. The van der Waals surface area contributed by atoms with Crippen LogP contribution in [0.3, 0.4) is 0 Å². The van der Waals surface area contributed by atoms with Crippen LogP contribution in [0.2, 0.25) is 0 Å². The molecule has 1 heterocycles. The van der Waals surface area contributed by atoms with Crippen molar-refractivity contribution in [2.45, 2.75) is 38.4 Å². The van der Waals surface area contributed by atoms with E-state index in [0.717, 1.165) is 32.4 Å². The van der Waals surface area contributed by atoms with Crippen molar-refractivity contribution in [3.63, 3.8) is 0 Å². The smallest absolute Gasteiger partial charge is 0.0569 e. The standard InChI is InChI=1S/C8H19N3/c1-2-8(10)11-5-3-7(9)4-6-11/h7-8H,2-6,9-10H2,1H3. The Balaban J connectivity index is 2.27. The summed E-state index contributed by atoms with van der Waals surface area (Å²) in [4.78, 5) is 2.32. The molecule has 1 saturated heterocycles. The zero-order valence-corrected chi connectivity index (χ0v) is 7.29. The summed E-state index contributed by atoms with van der Waals surface area (Å²) >= 11 is 0. The summed E-state index contributed by atoms with van der Waals surface area (Å²) in [7, 11) is 0. The molecule has 1 aliphatic rings. The van der Waals surface area contributed by atoms with E-state index in [1.54, 1.807) is 0 Å². The highest BCUT2D eigenvalue weighted by atomic mass is 15.2. The van der Waals surface area contributed by atoms with E-state index >= 15 is 0 Å². The van der Waals surface area contributed by atoms with Crippen LogP contribution in [-0.2, 0) is 0 Å². The van der Waals surface area contributed by atoms with E-state index in [9.17, 15) is 0 Å². The van der Waals surface area contributed by atoms with Gasteiger partial charge >= 0.3 is 0 Å². The van der Waals surface area contributed by atoms with Gasteiger partial charge in [0.1, 0.15) is 0 Å². The second kappa shape index (κ2) is 4.04. The van der Waals surface area contributed by atoms with Crippen molar-refractivity contribution in [2.75, 3.05) is 13.1 Å². The third-order valence-corrected chi connectivity index (χ3v) is 2.46. The second-order valence-electron chi connectivity index (χ2n) is 3.35. The lowest BCUT2D eigenvalue weighted by atomic mass is 10.1. The Bertz CT molecular complexity index is 108.